The van der Waals surface area contributed by atoms with Crippen LogP contribution in [0.15, 0.2) is 48.6 Å². The Bertz CT molecular complexity index is 786. The number of aromatic nitrogens is 1. The lowest BCUT2D eigenvalue weighted by atomic mass is 10.1. The Morgan fingerprint density at radius 2 is 2.00 bits per heavy atom. The van der Waals surface area contributed by atoms with Crippen molar-refractivity contribution in [3.05, 3.63) is 54.4 Å². The second-order valence-electron chi connectivity index (χ2n) is 3.25. The molecule has 3 aromatic rings. The summed E-state index contributed by atoms with van der Waals surface area (Å²) >= 11 is 0. The number of halogens is 1. The number of hydrogen-bond acceptors (Lipinski definition) is 1. The van der Waals surface area contributed by atoms with Gasteiger partial charge in [-0.25, -0.2) is 4.39 Å². The van der Waals surface area contributed by atoms with E-state index >= 15 is 0 Å². The van der Waals surface area contributed by atoms with E-state index in [0.29, 0.717) is 21.7 Å². The topological polar surface area (TPSA) is 12.9 Å². The Morgan fingerprint density at radius 3 is 2.93 bits per heavy atom. The smallest absolute Gasteiger partial charge is 0.142 e. The SMILES string of the molecule is [2H]c1cc2c([2H])ccc([2H])c2c2ncc(F)cc12. The molecule has 0 fully saturated rings. The van der Waals surface area contributed by atoms with Crippen LogP contribution in [0.4, 0.5) is 4.39 Å². The van der Waals surface area contributed by atoms with E-state index < -0.39 is 5.82 Å². The molecule has 0 bridgehead atoms. The molecular weight excluding hydrogens is 189 g/mol. The van der Waals surface area contributed by atoms with E-state index in [1.165, 1.54) is 24.3 Å². The van der Waals surface area contributed by atoms with Gasteiger partial charge in [0.2, 0.25) is 0 Å². The van der Waals surface area contributed by atoms with Crippen LogP contribution in [0, 0.1) is 5.82 Å². The number of rotatable bonds is 0. The second-order valence-corrected chi connectivity index (χ2v) is 3.25. The molecule has 0 N–H and O–H groups in total. The van der Waals surface area contributed by atoms with Gasteiger partial charge in [-0.1, -0.05) is 36.3 Å². The van der Waals surface area contributed by atoms with Crippen LogP contribution < -0.4 is 0 Å². The van der Waals surface area contributed by atoms with Crippen LogP contribution in [0.25, 0.3) is 21.7 Å². The van der Waals surface area contributed by atoms with Gasteiger partial charge in [0.25, 0.3) is 0 Å². The van der Waals surface area contributed by atoms with Gasteiger partial charge in [0, 0.05) is 10.8 Å². The van der Waals surface area contributed by atoms with Gasteiger partial charge in [0.05, 0.1) is 15.8 Å². The van der Waals surface area contributed by atoms with Gasteiger partial charge >= 0.3 is 0 Å². The Labute approximate surface area is 90.4 Å². The Balaban J connectivity index is 2.64. The van der Waals surface area contributed by atoms with Gasteiger partial charge in [0.1, 0.15) is 5.82 Å². The van der Waals surface area contributed by atoms with Crippen molar-refractivity contribution >= 4 is 21.7 Å². The van der Waals surface area contributed by atoms with Crippen LogP contribution >= 0.6 is 0 Å². The lowest BCUT2D eigenvalue weighted by Crippen LogP contribution is -1.83. The van der Waals surface area contributed by atoms with Crippen molar-refractivity contribution < 1.29 is 8.50 Å². The van der Waals surface area contributed by atoms with Crippen LogP contribution in [0.3, 0.4) is 0 Å². The highest BCUT2D eigenvalue weighted by Gasteiger charge is 2.01. The Hall–Kier alpha value is -1.96. The molecule has 1 aromatic heterocycles. The molecule has 3 rings (SSSR count). The average molecular weight is 200 g/mol. The number of nitrogens with zero attached hydrogens (tertiary/aromatic N) is 1. The first-order valence-electron chi connectivity index (χ1n) is 6.02. The molecule has 1 nitrogen and oxygen atoms in total. The molecule has 0 atom stereocenters. The van der Waals surface area contributed by atoms with Crippen LogP contribution in [0.2, 0.25) is 0 Å². The molecule has 0 saturated heterocycles. The molecular formula is C13H8FN. The predicted molar refractivity (Wildman–Crippen MR) is 59.2 cm³/mol. The molecule has 0 amide bonds. The van der Waals surface area contributed by atoms with Gasteiger partial charge in [0.15, 0.2) is 0 Å². The minimum Gasteiger partial charge on any atom is -0.253 e. The van der Waals surface area contributed by atoms with Crippen molar-refractivity contribution in [1.82, 2.24) is 4.98 Å². The van der Waals surface area contributed by atoms with E-state index in [4.69, 9.17) is 4.11 Å². The van der Waals surface area contributed by atoms with E-state index in [-0.39, 0.29) is 18.1 Å². The summed E-state index contributed by atoms with van der Waals surface area (Å²) in [6, 6.07) is 6.33. The van der Waals surface area contributed by atoms with Crippen molar-refractivity contribution in [2.24, 2.45) is 0 Å². The number of fused-ring (bicyclic) bond motifs is 3. The summed E-state index contributed by atoms with van der Waals surface area (Å²) in [7, 11) is 0. The molecule has 0 unspecified atom stereocenters. The first kappa shape index (κ1) is 5.81. The summed E-state index contributed by atoms with van der Waals surface area (Å²) in [6.45, 7) is 0. The second kappa shape index (κ2) is 3.02. The van der Waals surface area contributed by atoms with Crippen LogP contribution in [-0.2, 0) is 0 Å². The first-order chi connectivity index (χ1) is 8.58. The summed E-state index contributed by atoms with van der Waals surface area (Å²) in [4.78, 5) is 3.97. The fourth-order valence-electron chi connectivity index (χ4n) is 1.61. The first-order valence-corrected chi connectivity index (χ1v) is 4.52. The zero-order valence-electron chi connectivity index (χ0n) is 10.7. The zero-order valence-corrected chi connectivity index (χ0v) is 7.71. The van der Waals surface area contributed by atoms with Crippen LogP contribution in [0.1, 0.15) is 4.11 Å². The highest BCUT2D eigenvalue weighted by molar-refractivity contribution is 6.04. The molecule has 2 heteroatoms. The summed E-state index contributed by atoms with van der Waals surface area (Å²) in [5.74, 6) is -0.510. The number of benzene rings is 2. The minimum absolute atomic E-state index is 0.114. The molecule has 0 aliphatic carbocycles. The normalized spacial score (nSPS) is 13.8. The summed E-state index contributed by atoms with van der Waals surface area (Å²) in [6.07, 6.45) is 1.07. The summed E-state index contributed by atoms with van der Waals surface area (Å²) in [5, 5.41) is 1.36. The van der Waals surface area contributed by atoms with Gasteiger partial charge in [-0.3, -0.25) is 4.98 Å². The monoisotopic (exact) mass is 200 g/mol. The quantitative estimate of drug-likeness (QED) is 0.506. The van der Waals surface area contributed by atoms with Crippen LogP contribution in [-0.4, -0.2) is 4.98 Å². The Kier molecular flexibility index (Phi) is 1.17. The minimum atomic E-state index is -0.510. The highest BCUT2D eigenvalue weighted by Crippen LogP contribution is 2.23. The van der Waals surface area contributed by atoms with Crippen molar-refractivity contribution in [2.75, 3.05) is 0 Å². The third kappa shape index (κ3) is 1.26. The van der Waals surface area contributed by atoms with E-state index in [1.54, 1.807) is 0 Å². The van der Waals surface area contributed by atoms with E-state index in [0.717, 1.165) is 6.20 Å². The third-order valence-electron chi connectivity index (χ3n) is 2.28. The third-order valence-corrected chi connectivity index (χ3v) is 2.28. The van der Waals surface area contributed by atoms with Crippen molar-refractivity contribution in [3.8, 4) is 0 Å². The molecule has 72 valence electrons. The van der Waals surface area contributed by atoms with E-state index in [2.05, 4.69) is 4.98 Å². The predicted octanol–water partition coefficient (Wildman–Crippen LogP) is 3.53. The van der Waals surface area contributed by atoms with Gasteiger partial charge < -0.3 is 0 Å². The summed E-state index contributed by atoms with van der Waals surface area (Å²) < 4.78 is 36.7. The van der Waals surface area contributed by atoms with Crippen molar-refractivity contribution in [1.29, 1.82) is 0 Å². The Morgan fingerprint density at radius 1 is 1.13 bits per heavy atom. The van der Waals surface area contributed by atoms with Crippen LogP contribution in [0.5, 0.6) is 0 Å². The molecule has 2 aromatic carbocycles. The lowest BCUT2D eigenvalue weighted by molar-refractivity contribution is 0.624. The zero-order chi connectivity index (χ0) is 12.9. The largest absolute Gasteiger partial charge is 0.253 e. The maximum Gasteiger partial charge on any atom is 0.142 e. The number of pyridine rings is 1. The summed E-state index contributed by atoms with van der Waals surface area (Å²) in [5.41, 5.74) is 0.401. The van der Waals surface area contributed by atoms with Gasteiger partial charge in [-0.2, -0.15) is 0 Å². The molecule has 0 saturated carbocycles. The molecule has 1 heterocycles. The van der Waals surface area contributed by atoms with Gasteiger partial charge in [-0.05, 0) is 11.5 Å². The maximum absolute atomic E-state index is 13.2. The molecule has 0 radical (unpaired) electrons. The van der Waals surface area contributed by atoms with E-state index in [1.807, 2.05) is 0 Å². The average Bonchev–Trinajstić information content (AvgIpc) is 2.34. The van der Waals surface area contributed by atoms with E-state index in [9.17, 15) is 4.39 Å². The lowest BCUT2D eigenvalue weighted by Gasteiger charge is -2.02. The molecule has 0 spiro atoms. The highest BCUT2D eigenvalue weighted by atomic mass is 19.1. The molecule has 0 aliphatic heterocycles. The maximum atomic E-state index is 13.2. The van der Waals surface area contributed by atoms with Crippen molar-refractivity contribution in [3.63, 3.8) is 0 Å². The molecule has 15 heavy (non-hydrogen) atoms. The fraction of sp³-hybridized carbons (Fsp3) is 0. The fourth-order valence-corrected chi connectivity index (χ4v) is 1.61. The van der Waals surface area contributed by atoms with Crippen molar-refractivity contribution in [2.45, 2.75) is 0 Å². The molecule has 0 aliphatic rings. The standard InChI is InChI=1S/C13H8FN/c14-11-7-10-6-5-9-3-1-2-4-12(9)13(10)15-8-11/h1-8H/i3D,4D,6D. The van der Waals surface area contributed by atoms with Gasteiger partial charge in [-0.15, -0.1) is 0 Å². The number of hydrogen-bond donors (Lipinski definition) is 0.